The summed E-state index contributed by atoms with van der Waals surface area (Å²) >= 11 is 1.45. The minimum atomic E-state index is -0.314. The van der Waals surface area contributed by atoms with Crippen molar-refractivity contribution in [1.82, 2.24) is 9.97 Å². The molecular weight excluding hydrogens is 388 g/mol. The van der Waals surface area contributed by atoms with Gasteiger partial charge in [0.1, 0.15) is 18.4 Å². The van der Waals surface area contributed by atoms with E-state index in [-0.39, 0.29) is 12.2 Å². The molecule has 2 N–H and O–H groups in total. The number of nitrogens with two attached hydrogens (primary N) is 1. The van der Waals surface area contributed by atoms with Gasteiger partial charge in [0.25, 0.3) is 0 Å². The Balaban J connectivity index is 1.44. The second-order valence-electron chi connectivity index (χ2n) is 7.43. The molecule has 1 aromatic carbocycles. The molecule has 29 heavy (non-hydrogen) atoms. The van der Waals surface area contributed by atoms with Crippen LogP contribution in [-0.2, 0) is 4.74 Å². The first-order chi connectivity index (χ1) is 14.2. The minimum absolute atomic E-state index is 0.0119. The SMILES string of the molecule is Nc1nc2ccc(-c3cnc4c(c3)N(C(=O)OC3CCCCC3)CCO4)cc2s1. The van der Waals surface area contributed by atoms with Crippen LogP contribution in [0.25, 0.3) is 21.3 Å². The minimum Gasteiger partial charge on any atom is -0.474 e. The third-order valence-electron chi connectivity index (χ3n) is 5.46. The van der Waals surface area contributed by atoms with E-state index in [9.17, 15) is 4.79 Å². The van der Waals surface area contributed by atoms with Gasteiger partial charge in [0.05, 0.1) is 16.8 Å². The first-order valence-corrected chi connectivity index (χ1v) is 10.8. The quantitative estimate of drug-likeness (QED) is 0.663. The van der Waals surface area contributed by atoms with Gasteiger partial charge in [0.15, 0.2) is 5.13 Å². The number of nitrogens with zero attached hydrogens (tertiary/aromatic N) is 3. The topological polar surface area (TPSA) is 90.6 Å². The highest BCUT2D eigenvalue weighted by atomic mass is 32.1. The normalized spacial score (nSPS) is 17.0. The maximum atomic E-state index is 12.9. The van der Waals surface area contributed by atoms with Gasteiger partial charge in [-0.3, -0.25) is 4.90 Å². The molecule has 8 heteroatoms. The highest BCUT2D eigenvalue weighted by Gasteiger charge is 2.29. The van der Waals surface area contributed by atoms with E-state index < -0.39 is 0 Å². The average Bonchev–Trinajstić information content (AvgIpc) is 3.12. The summed E-state index contributed by atoms with van der Waals surface area (Å²) in [7, 11) is 0. The van der Waals surface area contributed by atoms with Crippen molar-refractivity contribution >= 4 is 38.5 Å². The van der Waals surface area contributed by atoms with E-state index >= 15 is 0 Å². The zero-order chi connectivity index (χ0) is 19.8. The maximum absolute atomic E-state index is 12.9. The second kappa shape index (κ2) is 7.51. The summed E-state index contributed by atoms with van der Waals surface area (Å²) in [6.45, 7) is 0.860. The Labute approximate surface area is 172 Å². The molecule has 0 bridgehead atoms. The molecule has 0 unspecified atom stereocenters. The number of thiazole rings is 1. The summed E-state index contributed by atoms with van der Waals surface area (Å²) in [5, 5.41) is 0.547. The number of aromatic nitrogens is 2. The standard InChI is InChI=1S/C21H22N4O3S/c22-20-24-16-7-6-13(11-18(16)29-20)14-10-17-19(23-12-14)27-9-8-25(17)21(26)28-15-4-2-1-3-5-15/h6-7,10-12,15H,1-5,8-9H2,(H2,22,24). The van der Waals surface area contributed by atoms with Gasteiger partial charge in [-0.1, -0.05) is 23.8 Å². The Bertz CT molecular complexity index is 1060. The lowest BCUT2D eigenvalue weighted by atomic mass is 9.98. The lowest BCUT2D eigenvalue weighted by Crippen LogP contribution is -2.40. The Morgan fingerprint density at radius 1 is 1.21 bits per heavy atom. The summed E-state index contributed by atoms with van der Waals surface area (Å²) in [6, 6.07) is 7.91. The van der Waals surface area contributed by atoms with E-state index in [1.807, 2.05) is 24.3 Å². The molecule has 2 aromatic heterocycles. The van der Waals surface area contributed by atoms with Crippen molar-refractivity contribution < 1.29 is 14.3 Å². The molecule has 0 radical (unpaired) electrons. The van der Waals surface area contributed by atoms with Gasteiger partial charge in [-0.15, -0.1) is 0 Å². The summed E-state index contributed by atoms with van der Waals surface area (Å²) < 4.78 is 12.5. The van der Waals surface area contributed by atoms with Gasteiger partial charge < -0.3 is 15.2 Å². The van der Waals surface area contributed by atoms with Gasteiger partial charge in [-0.25, -0.2) is 14.8 Å². The van der Waals surface area contributed by atoms with Crippen LogP contribution in [0.15, 0.2) is 30.5 Å². The van der Waals surface area contributed by atoms with Crippen molar-refractivity contribution in [2.24, 2.45) is 0 Å². The molecule has 1 amide bonds. The monoisotopic (exact) mass is 410 g/mol. The van der Waals surface area contributed by atoms with Gasteiger partial charge in [0.2, 0.25) is 5.88 Å². The van der Waals surface area contributed by atoms with Crippen LogP contribution < -0.4 is 15.4 Å². The smallest absolute Gasteiger partial charge is 0.414 e. The number of nitrogen functional groups attached to an aromatic ring is 1. The lowest BCUT2D eigenvalue weighted by molar-refractivity contribution is 0.0792. The number of ether oxygens (including phenoxy) is 2. The van der Waals surface area contributed by atoms with E-state index in [4.69, 9.17) is 15.2 Å². The van der Waals surface area contributed by atoms with Crippen LogP contribution in [0.2, 0.25) is 0 Å². The van der Waals surface area contributed by atoms with Gasteiger partial charge in [-0.05, 0) is 49.4 Å². The van der Waals surface area contributed by atoms with Crippen molar-refractivity contribution in [3.05, 3.63) is 30.5 Å². The molecule has 2 aliphatic rings. The summed E-state index contributed by atoms with van der Waals surface area (Å²) in [5.74, 6) is 0.462. The van der Waals surface area contributed by atoms with E-state index in [2.05, 4.69) is 9.97 Å². The number of hydrogen-bond acceptors (Lipinski definition) is 7. The fourth-order valence-corrected chi connectivity index (χ4v) is 4.73. The fraction of sp³-hybridized carbons (Fsp3) is 0.381. The largest absolute Gasteiger partial charge is 0.474 e. The van der Waals surface area contributed by atoms with Crippen LogP contribution in [0.3, 0.4) is 0 Å². The van der Waals surface area contributed by atoms with Crippen molar-refractivity contribution in [1.29, 1.82) is 0 Å². The number of carbonyl (C=O) groups is 1. The molecule has 0 saturated heterocycles. The number of amides is 1. The van der Waals surface area contributed by atoms with Crippen LogP contribution in [0, 0.1) is 0 Å². The van der Waals surface area contributed by atoms with E-state index in [1.165, 1.54) is 17.8 Å². The molecule has 1 fully saturated rings. The number of carbonyl (C=O) groups excluding carboxylic acids is 1. The predicted octanol–water partition coefficient (Wildman–Crippen LogP) is 4.61. The number of rotatable bonds is 2. The molecule has 0 atom stereocenters. The Hall–Kier alpha value is -2.87. The number of benzene rings is 1. The highest BCUT2D eigenvalue weighted by molar-refractivity contribution is 7.22. The Morgan fingerprint density at radius 2 is 2.07 bits per heavy atom. The molecule has 3 heterocycles. The van der Waals surface area contributed by atoms with Crippen LogP contribution >= 0.6 is 11.3 Å². The first-order valence-electron chi connectivity index (χ1n) is 9.95. The fourth-order valence-electron chi connectivity index (χ4n) is 3.96. The van der Waals surface area contributed by atoms with Crippen LogP contribution in [0.4, 0.5) is 15.6 Å². The molecule has 3 aromatic rings. The molecule has 1 aliphatic carbocycles. The van der Waals surface area contributed by atoms with Gasteiger partial charge in [-0.2, -0.15) is 0 Å². The van der Waals surface area contributed by atoms with Crippen LogP contribution in [-0.4, -0.2) is 35.3 Å². The van der Waals surface area contributed by atoms with Gasteiger partial charge >= 0.3 is 6.09 Å². The van der Waals surface area contributed by atoms with E-state index in [1.54, 1.807) is 11.1 Å². The maximum Gasteiger partial charge on any atom is 0.414 e. The molecule has 7 nitrogen and oxygen atoms in total. The third-order valence-corrected chi connectivity index (χ3v) is 6.30. The number of pyridine rings is 1. The second-order valence-corrected chi connectivity index (χ2v) is 8.49. The molecule has 1 saturated carbocycles. The molecule has 150 valence electrons. The highest BCUT2D eigenvalue weighted by Crippen LogP contribution is 2.36. The first kappa shape index (κ1) is 18.2. The van der Waals surface area contributed by atoms with Crippen LogP contribution in [0.5, 0.6) is 5.88 Å². The third kappa shape index (κ3) is 3.60. The summed E-state index contributed by atoms with van der Waals surface area (Å²) in [4.78, 5) is 23.3. The van der Waals surface area contributed by atoms with Crippen molar-refractivity contribution in [2.75, 3.05) is 23.8 Å². The van der Waals surface area contributed by atoms with E-state index in [0.717, 1.165) is 47.0 Å². The zero-order valence-corrected chi connectivity index (χ0v) is 16.8. The average molecular weight is 410 g/mol. The Kier molecular flexibility index (Phi) is 4.71. The number of fused-ring (bicyclic) bond motifs is 2. The Morgan fingerprint density at radius 3 is 2.93 bits per heavy atom. The number of hydrogen-bond donors (Lipinski definition) is 1. The summed E-state index contributed by atoms with van der Waals surface area (Å²) in [6.07, 6.45) is 6.81. The lowest BCUT2D eigenvalue weighted by Gasteiger charge is -2.31. The summed E-state index contributed by atoms with van der Waals surface area (Å²) in [5.41, 5.74) is 9.24. The van der Waals surface area contributed by atoms with Crippen molar-refractivity contribution in [2.45, 2.75) is 38.2 Å². The molecule has 1 aliphatic heterocycles. The molecule has 5 rings (SSSR count). The predicted molar refractivity (Wildman–Crippen MR) is 113 cm³/mol. The van der Waals surface area contributed by atoms with Gasteiger partial charge in [0, 0.05) is 11.8 Å². The molecular formula is C21H22N4O3S. The number of anilines is 2. The molecule has 0 spiro atoms. The zero-order valence-electron chi connectivity index (χ0n) is 16.0. The van der Waals surface area contributed by atoms with E-state index in [0.29, 0.717) is 29.9 Å². The van der Waals surface area contributed by atoms with Crippen molar-refractivity contribution in [3.8, 4) is 17.0 Å². The van der Waals surface area contributed by atoms with Crippen molar-refractivity contribution in [3.63, 3.8) is 0 Å². The van der Waals surface area contributed by atoms with Crippen LogP contribution in [0.1, 0.15) is 32.1 Å².